The molecule has 3 N–H and O–H groups in total. The highest BCUT2D eigenvalue weighted by atomic mass is 32.2. The maximum Gasteiger partial charge on any atom is 0.326 e. The van der Waals surface area contributed by atoms with Crippen LogP contribution in [0.15, 0.2) is 0 Å². The predicted octanol–water partition coefficient (Wildman–Crippen LogP) is -1.31. The van der Waals surface area contributed by atoms with Gasteiger partial charge in [0.2, 0.25) is 0 Å². The summed E-state index contributed by atoms with van der Waals surface area (Å²) in [5.74, 6) is -2.00. The summed E-state index contributed by atoms with van der Waals surface area (Å²) in [5, 5.41) is 19.4. The van der Waals surface area contributed by atoms with E-state index in [1.54, 1.807) is 0 Å². The zero-order valence-electron chi connectivity index (χ0n) is 9.50. The van der Waals surface area contributed by atoms with Crippen molar-refractivity contribution in [2.45, 2.75) is 12.5 Å². The first-order chi connectivity index (χ1) is 8.40. The van der Waals surface area contributed by atoms with Gasteiger partial charge in [0, 0.05) is 35.4 Å². The van der Waals surface area contributed by atoms with Crippen molar-refractivity contribution in [3.8, 4) is 0 Å². The normalized spacial score (nSPS) is 18.1. The van der Waals surface area contributed by atoms with Crippen LogP contribution in [0, 0.1) is 0 Å². The molecule has 0 aromatic rings. The molecule has 1 aliphatic rings. The molecule has 0 aromatic heterocycles. The summed E-state index contributed by atoms with van der Waals surface area (Å²) >= 11 is 0. The number of nitrogens with zero attached hydrogens (tertiary/aromatic N) is 1. The number of hydrogen-bond acceptors (Lipinski definition) is 4. The lowest BCUT2D eigenvalue weighted by molar-refractivity contribution is -0.145. The summed E-state index contributed by atoms with van der Waals surface area (Å²) in [5.41, 5.74) is 0. The average molecular weight is 278 g/mol. The van der Waals surface area contributed by atoms with Crippen molar-refractivity contribution in [1.82, 2.24) is 10.2 Å². The van der Waals surface area contributed by atoms with E-state index < -0.39 is 41.2 Å². The van der Waals surface area contributed by atoms with Crippen LogP contribution in [-0.2, 0) is 20.4 Å². The monoisotopic (exact) mass is 278 g/mol. The van der Waals surface area contributed by atoms with Crippen molar-refractivity contribution in [2.75, 3.05) is 24.6 Å². The fourth-order valence-corrected chi connectivity index (χ4v) is 2.51. The standard InChI is InChI=1S/C9H14N2O6S/c12-7(13)5-6(8(14)15)10-9(16)11-1-3-18(17)4-2-11/h6H,1-5H2,(H,10,16)(H,12,13)(H,14,15)/t6-/m1/s1. The van der Waals surface area contributed by atoms with Crippen LogP contribution in [0.1, 0.15) is 6.42 Å². The van der Waals surface area contributed by atoms with Crippen LogP contribution in [0.5, 0.6) is 0 Å². The van der Waals surface area contributed by atoms with Crippen LogP contribution in [0.4, 0.5) is 4.79 Å². The lowest BCUT2D eigenvalue weighted by atomic mass is 10.2. The maximum atomic E-state index is 11.7. The van der Waals surface area contributed by atoms with E-state index in [0.717, 1.165) is 0 Å². The molecule has 0 unspecified atom stereocenters. The lowest BCUT2D eigenvalue weighted by Crippen LogP contribution is -2.52. The van der Waals surface area contributed by atoms with E-state index in [-0.39, 0.29) is 13.1 Å². The first-order valence-electron chi connectivity index (χ1n) is 5.25. The van der Waals surface area contributed by atoms with Gasteiger partial charge in [0.25, 0.3) is 0 Å². The molecule has 0 saturated carbocycles. The van der Waals surface area contributed by atoms with Crippen molar-refractivity contribution in [3.63, 3.8) is 0 Å². The van der Waals surface area contributed by atoms with E-state index in [9.17, 15) is 18.6 Å². The number of aliphatic carboxylic acids is 2. The van der Waals surface area contributed by atoms with Gasteiger partial charge in [-0.1, -0.05) is 0 Å². The Morgan fingerprint density at radius 2 is 1.78 bits per heavy atom. The number of carboxylic acids is 2. The molecular formula is C9H14N2O6S. The third-order valence-corrected chi connectivity index (χ3v) is 3.72. The zero-order valence-corrected chi connectivity index (χ0v) is 10.3. The number of nitrogens with one attached hydrogen (secondary N) is 1. The third kappa shape index (κ3) is 4.32. The average Bonchev–Trinajstić information content (AvgIpc) is 2.28. The molecule has 1 atom stereocenters. The van der Waals surface area contributed by atoms with Crippen LogP contribution in [0.25, 0.3) is 0 Å². The van der Waals surface area contributed by atoms with Gasteiger partial charge in [-0.2, -0.15) is 0 Å². The fourth-order valence-electron chi connectivity index (χ4n) is 1.46. The molecule has 9 heteroatoms. The van der Waals surface area contributed by atoms with Crippen LogP contribution in [0.2, 0.25) is 0 Å². The molecule has 1 fully saturated rings. The summed E-state index contributed by atoms with van der Waals surface area (Å²) in [6, 6.07) is -2.09. The van der Waals surface area contributed by atoms with E-state index in [1.807, 2.05) is 0 Å². The number of hydrogen-bond donors (Lipinski definition) is 3. The summed E-state index contributed by atoms with van der Waals surface area (Å²) in [7, 11) is -0.940. The molecule has 1 heterocycles. The Morgan fingerprint density at radius 1 is 1.22 bits per heavy atom. The minimum absolute atomic E-state index is 0.276. The summed E-state index contributed by atoms with van der Waals surface area (Å²) in [6.07, 6.45) is -0.680. The molecule has 0 bridgehead atoms. The van der Waals surface area contributed by atoms with E-state index in [2.05, 4.69) is 5.32 Å². The molecule has 0 spiro atoms. The quantitative estimate of drug-likeness (QED) is 0.586. The second kappa shape index (κ2) is 6.34. The number of carbonyl (C=O) groups excluding carboxylic acids is 1. The van der Waals surface area contributed by atoms with Crippen molar-refractivity contribution >= 4 is 28.8 Å². The molecule has 0 aromatic carbocycles. The van der Waals surface area contributed by atoms with Crippen molar-refractivity contribution in [3.05, 3.63) is 0 Å². The van der Waals surface area contributed by atoms with E-state index in [4.69, 9.17) is 10.2 Å². The van der Waals surface area contributed by atoms with Crippen molar-refractivity contribution in [1.29, 1.82) is 0 Å². The minimum atomic E-state index is -1.46. The first kappa shape index (κ1) is 14.4. The summed E-state index contributed by atoms with van der Waals surface area (Å²) < 4.78 is 11.1. The van der Waals surface area contributed by atoms with E-state index in [0.29, 0.717) is 11.5 Å². The third-order valence-electron chi connectivity index (χ3n) is 2.44. The molecule has 8 nitrogen and oxygen atoms in total. The Bertz CT molecular complexity index is 375. The van der Waals surface area contributed by atoms with Crippen LogP contribution >= 0.6 is 0 Å². The summed E-state index contributed by atoms with van der Waals surface area (Å²) in [6.45, 7) is 0.551. The van der Waals surface area contributed by atoms with Gasteiger partial charge in [0.15, 0.2) is 0 Å². The number of carbonyl (C=O) groups is 3. The Balaban J connectivity index is 2.53. The minimum Gasteiger partial charge on any atom is -0.481 e. The highest BCUT2D eigenvalue weighted by Gasteiger charge is 2.27. The second-order valence-electron chi connectivity index (χ2n) is 3.77. The molecule has 0 aliphatic carbocycles. The van der Waals surface area contributed by atoms with E-state index in [1.165, 1.54) is 4.90 Å². The molecular weight excluding hydrogens is 264 g/mol. The Hall–Kier alpha value is -1.64. The first-order valence-corrected chi connectivity index (χ1v) is 6.74. The van der Waals surface area contributed by atoms with Gasteiger partial charge in [0.1, 0.15) is 6.04 Å². The lowest BCUT2D eigenvalue weighted by Gasteiger charge is -2.27. The molecule has 2 amide bonds. The smallest absolute Gasteiger partial charge is 0.326 e. The number of amides is 2. The Labute approximate surface area is 105 Å². The van der Waals surface area contributed by atoms with Crippen LogP contribution < -0.4 is 5.32 Å². The zero-order chi connectivity index (χ0) is 13.7. The highest BCUT2D eigenvalue weighted by Crippen LogP contribution is 2.02. The highest BCUT2D eigenvalue weighted by molar-refractivity contribution is 7.85. The van der Waals surface area contributed by atoms with Crippen LogP contribution in [0.3, 0.4) is 0 Å². The van der Waals surface area contributed by atoms with Crippen molar-refractivity contribution < 1.29 is 28.8 Å². The second-order valence-corrected chi connectivity index (χ2v) is 5.47. The van der Waals surface area contributed by atoms with Gasteiger partial charge in [-0.15, -0.1) is 0 Å². The van der Waals surface area contributed by atoms with Gasteiger partial charge < -0.3 is 20.4 Å². The van der Waals surface area contributed by atoms with Gasteiger partial charge in [-0.3, -0.25) is 9.00 Å². The Morgan fingerprint density at radius 3 is 2.22 bits per heavy atom. The molecule has 1 aliphatic heterocycles. The molecule has 1 rings (SSSR count). The van der Waals surface area contributed by atoms with Crippen molar-refractivity contribution in [2.24, 2.45) is 0 Å². The van der Waals surface area contributed by atoms with Crippen LogP contribution in [-0.4, -0.2) is 67.9 Å². The topological polar surface area (TPSA) is 124 Å². The summed E-state index contributed by atoms with van der Waals surface area (Å²) in [4.78, 5) is 34.2. The molecule has 18 heavy (non-hydrogen) atoms. The van der Waals surface area contributed by atoms with Gasteiger partial charge >= 0.3 is 18.0 Å². The van der Waals surface area contributed by atoms with Gasteiger partial charge in [0.05, 0.1) is 6.42 Å². The largest absolute Gasteiger partial charge is 0.481 e. The maximum absolute atomic E-state index is 11.7. The molecule has 0 radical (unpaired) electrons. The Kier molecular flexibility index (Phi) is 5.08. The number of rotatable bonds is 4. The number of urea groups is 1. The predicted molar refractivity (Wildman–Crippen MR) is 61.7 cm³/mol. The molecule has 102 valence electrons. The van der Waals surface area contributed by atoms with E-state index >= 15 is 0 Å². The number of carboxylic acid groups (broad SMARTS) is 2. The van der Waals surface area contributed by atoms with Gasteiger partial charge in [-0.05, 0) is 0 Å². The fraction of sp³-hybridized carbons (Fsp3) is 0.667. The van der Waals surface area contributed by atoms with Gasteiger partial charge in [-0.25, -0.2) is 9.59 Å². The molecule has 1 saturated heterocycles. The SMILES string of the molecule is O=C(O)C[C@@H](NC(=O)N1CCS(=O)CC1)C(=O)O.